The molecule has 0 bridgehead atoms. The number of unbranched alkanes of at least 4 members (excludes halogenated alkanes) is 29. The number of aliphatic hydroxyl groups is 2. The number of esters is 3. The number of rotatable bonds is 74. The third-order valence-corrected chi connectivity index (χ3v) is 18.3. The van der Waals surface area contributed by atoms with E-state index in [1.165, 1.54) is 103 Å². The van der Waals surface area contributed by atoms with Crippen molar-refractivity contribution >= 4 is 33.6 Å². The van der Waals surface area contributed by atoms with Gasteiger partial charge in [-0.3, -0.25) is 32.5 Å². The van der Waals surface area contributed by atoms with Gasteiger partial charge in [-0.05, 0) is 128 Å². The van der Waals surface area contributed by atoms with Crippen LogP contribution >= 0.6 is 15.6 Å². The van der Waals surface area contributed by atoms with Crippen molar-refractivity contribution in [1.82, 2.24) is 0 Å². The quantitative estimate of drug-likeness (QED) is 0.0146. The molecule has 0 aliphatic heterocycles. The van der Waals surface area contributed by atoms with Gasteiger partial charge in [0.1, 0.15) is 25.4 Å². The highest BCUT2D eigenvalue weighted by atomic mass is 31.2. The minimum Gasteiger partial charge on any atom is -0.463 e. The molecule has 0 aliphatic carbocycles. The van der Waals surface area contributed by atoms with Crippen LogP contribution in [-0.4, -0.2) is 95.9 Å². The number of carbonyl (C=O) groups is 3. The van der Waals surface area contributed by atoms with E-state index >= 15 is 0 Å². The van der Waals surface area contributed by atoms with Crippen LogP contribution in [-0.2, 0) is 55.8 Å². The van der Waals surface area contributed by atoms with E-state index in [9.17, 15) is 43.5 Å². The Hall–Kier alpha value is -4.31. The van der Waals surface area contributed by atoms with Crippen molar-refractivity contribution in [3.8, 4) is 0 Å². The van der Waals surface area contributed by atoms with Gasteiger partial charge < -0.3 is 34.2 Å². The van der Waals surface area contributed by atoms with Gasteiger partial charge in [0.15, 0.2) is 6.10 Å². The van der Waals surface area contributed by atoms with Gasteiger partial charge in [0.05, 0.1) is 26.4 Å². The molecule has 0 aromatic heterocycles. The van der Waals surface area contributed by atoms with Crippen LogP contribution in [0.3, 0.4) is 0 Å². The molecule has 0 heterocycles. The number of carbonyl (C=O) groups excluding carboxylic acids is 3. The Labute approximate surface area is 614 Å². The van der Waals surface area contributed by atoms with Crippen LogP contribution in [0.25, 0.3) is 0 Å². The van der Waals surface area contributed by atoms with Gasteiger partial charge in [-0.2, -0.15) is 0 Å². The molecule has 0 radical (unpaired) electrons. The Morgan fingerprint density at radius 1 is 0.277 bits per heavy atom. The van der Waals surface area contributed by atoms with Crippen LogP contribution in [0.5, 0.6) is 0 Å². The second-order valence-electron chi connectivity index (χ2n) is 26.1. The van der Waals surface area contributed by atoms with E-state index in [0.717, 1.165) is 154 Å². The molecule has 0 rings (SSSR count). The molecule has 0 saturated heterocycles. The molecular weight excluding hydrogens is 1310 g/mol. The van der Waals surface area contributed by atoms with Crippen LogP contribution in [0.1, 0.15) is 316 Å². The molecule has 0 aliphatic rings. The third-order valence-electron chi connectivity index (χ3n) is 16.4. The second kappa shape index (κ2) is 75.4. The first-order chi connectivity index (χ1) is 49.2. The van der Waals surface area contributed by atoms with Crippen LogP contribution in [0.2, 0.25) is 0 Å². The van der Waals surface area contributed by atoms with Crippen molar-refractivity contribution < 1.29 is 75.8 Å². The van der Waals surface area contributed by atoms with Crippen molar-refractivity contribution in [3.63, 3.8) is 0 Å². The van der Waals surface area contributed by atoms with Gasteiger partial charge in [-0.25, -0.2) is 9.13 Å². The van der Waals surface area contributed by atoms with E-state index in [1.54, 1.807) is 0 Å². The minimum atomic E-state index is -4.94. The molecule has 0 aromatic rings. The van der Waals surface area contributed by atoms with Crippen molar-refractivity contribution in [2.75, 3.05) is 39.6 Å². The third kappa shape index (κ3) is 76.6. The molecule has 0 saturated carbocycles. The van der Waals surface area contributed by atoms with E-state index in [4.69, 9.17) is 32.3 Å². The summed E-state index contributed by atoms with van der Waals surface area (Å²) in [6.07, 6.45) is 91.1. The van der Waals surface area contributed by atoms with Crippen LogP contribution in [0.4, 0.5) is 0 Å². The largest absolute Gasteiger partial charge is 0.472 e. The van der Waals surface area contributed by atoms with Crippen LogP contribution in [0.15, 0.2) is 134 Å². The molecule has 0 aromatic carbocycles. The first-order valence-corrected chi connectivity index (χ1v) is 42.5. The lowest BCUT2D eigenvalue weighted by Gasteiger charge is -2.21. The number of allylic oxidation sites excluding steroid dienone is 22. The number of hydrogen-bond donors (Lipinski definition) is 4. The maximum absolute atomic E-state index is 12.9. The SMILES string of the molecule is CC/C=C\C/C=C\C/C=C\C/C=C\C/C=C\CCCCCCCCCCCCCCCCCCCCCC(=O)OCC(O)COP(=O)(O)OCC(O)COP(=O)(O)OCC(COC(=O)CCCCCCC/C=C\C/C=C\C/C=C\CC)OC(=O)CCCCCCC/C=C\C/C=C\C/C=C\CC. The lowest BCUT2D eigenvalue weighted by molar-refractivity contribution is -0.161. The standard InChI is InChI=1S/C83H142O16P2/c1-4-7-10-13-16-19-22-25-28-29-30-31-32-33-34-35-36-37-38-39-40-41-42-43-44-45-46-47-50-52-54-57-60-63-66-69-81(86)93-72-78(84)73-95-100(89,90)96-74-79(85)75-97-101(91,92)98-77-80(99-83(88)71-68-65-62-59-56-53-49-27-24-21-18-15-12-9-6-3)76-94-82(87)70-67-64-61-58-55-51-48-26-23-20-17-14-11-8-5-2/h7-12,16-21,25-28,30-31,33-34,48-49,78-80,84-85H,4-6,13-15,22-24,29,32,35-47,50-77H2,1-3H3,(H,89,90)(H,91,92)/b10-7-,11-8-,12-9-,19-16-,20-17-,21-18-,28-25-,31-30-,34-33-,48-26-,49-27-. The molecule has 0 fully saturated rings. The fourth-order valence-corrected chi connectivity index (χ4v) is 12.0. The monoisotopic (exact) mass is 1460 g/mol. The summed E-state index contributed by atoms with van der Waals surface area (Å²) in [6.45, 7) is 2.31. The zero-order chi connectivity index (χ0) is 73.7. The van der Waals surface area contributed by atoms with E-state index in [1.807, 2.05) is 0 Å². The van der Waals surface area contributed by atoms with Crippen molar-refractivity contribution in [1.29, 1.82) is 0 Å². The van der Waals surface area contributed by atoms with E-state index in [-0.39, 0.29) is 19.3 Å². The van der Waals surface area contributed by atoms with Crippen molar-refractivity contribution in [2.24, 2.45) is 0 Å². The normalized spacial score (nSPS) is 14.7. The van der Waals surface area contributed by atoms with Crippen molar-refractivity contribution in [2.45, 2.75) is 334 Å². The fraction of sp³-hybridized carbons (Fsp3) is 0.699. The van der Waals surface area contributed by atoms with Gasteiger partial charge in [-0.15, -0.1) is 0 Å². The summed E-state index contributed by atoms with van der Waals surface area (Å²) in [6, 6.07) is 0. The molecule has 5 atom stereocenters. The Bertz CT molecular complexity index is 2370. The summed E-state index contributed by atoms with van der Waals surface area (Å²) in [5.74, 6) is -1.61. The molecule has 16 nitrogen and oxygen atoms in total. The average molecular weight is 1460 g/mol. The number of aliphatic hydroxyl groups excluding tert-OH is 2. The van der Waals surface area contributed by atoms with Gasteiger partial charge in [0.25, 0.3) is 0 Å². The number of ether oxygens (including phenoxy) is 3. The first kappa shape index (κ1) is 96.7. The zero-order valence-corrected chi connectivity index (χ0v) is 65.1. The van der Waals surface area contributed by atoms with Gasteiger partial charge >= 0.3 is 33.6 Å². The van der Waals surface area contributed by atoms with Gasteiger partial charge in [0, 0.05) is 19.3 Å². The summed E-state index contributed by atoms with van der Waals surface area (Å²) in [5, 5.41) is 20.6. The second-order valence-corrected chi connectivity index (χ2v) is 29.0. The van der Waals surface area contributed by atoms with Gasteiger partial charge in [-0.1, -0.05) is 302 Å². The fourth-order valence-electron chi connectivity index (χ4n) is 10.5. The minimum absolute atomic E-state index is 0.0791. The smallest absolute Gasteiger partial charge is 0.463 e. The Morgan fingerprint density at radius 2 is 0.495 bits per heavy atom. The molecule has 580 valence electrons. The number of phosphoric acid groups is 2. The highest BCUT2D eigenvalue weighted by molar-refractivity contribution is 7.47. The summed E-state index contributed by atoms with van der Waals surface area (Å²) >= 11 is 0. The van der Waals surface area contributed by atoms with E-state index < -0.39 is 91.5 Å². The lowest BCUT2D eigenvalue weighted by atomic mass is 10.0. The van der Waals surface area contributed by atoms with Gasteiger partial charge in [0.2, 0.25) is 0 Å². The Balaban J connectivity index is 4.36. The summed E-state index contributed by atoms with van der Waals surface area (Å²) in [4.78, 5) is 58.5. The lowest BCUT2D eigenvalue weighted by Crippen LogP contribution is -2.30. The zero-order valence-electron chi connectivity index (χ0n) is 63.3. The Kier molecular flexibility index (Phi) is 72.2. The highest BCUT2D eigenvalue weighted by Crippen LogP contribution is 2.45. The summed E-state index contributed by atoms with van der Waals surface area (Å²) < 4.78 is 61.0. The number of phosphoric ester groups is 2. The molecule has 4 N–H and O–H groups in total. The average Bonchev–Trinajstić information content (AvgIpc) is 1.74. The molecule has 101 heavy (non-hydrogen) atoms. The molecule has 5 unspecified atom stereocenters. The van der Waals surface area contributed by atoms with Crippen LogP contribution in [0, 0.1) is 0 Å². The predicted octanol–water partition coefficient (Wildman–Crippen LogP) is 23.1. The summed E-state index contributed by atoms with van der Waals surface area (Å²) in [7, 11) is -9.79. The predicted molar refractivity (Wildman–Crippen MR) is 417 cm³/mol. The Morgan fingerprint density at radius 3 is 0.782 bits per heavy atom. The molecule has 0 spiro atoms. The highest BCUT2D eigenvalue weighted by Gasteiger charge is 2.29. The topological polar surface area (TPSA) is 231 Å². The first-order valence-electron chi connectivity index (χ1n) is 39.5. The van der Waals surface area contributed by atoms with E-state index in [2.05, 4.69) is 154 Å². The van der Waals surface area contributed by atoms with Crippen molar-refractivity contribution in [3.05, 3.63) is 134 Å². The molecule has 18 heteroatoms. The molecular formula is C83H142O16P2. The maximum atomic E-state index is 12.9. The summed E-state index contributed by atoms with van der Waals surface area (Å²) in [5.41, 5.74) is 0. The van der Waals surface area contributed by atoms with E-state index in [0.29, 0.717) is 19.3 Å². The maximum Gasteiger partial charge on any atom is 0.472 e. The number of hydrogen-bond acceptors (Lipinski definition) is 14. The van der Waals surface area contributed by atoms with Crippen LogP contribution < -0.4 is 0 Å². The molecule has 0 amide bonds.